The Bertz CT molecular complexity index is 665. The van der Waals surface area contributed by atoms with Gasteiger partial charge in [-0.05, 0) is 52.5 Å². The summed E-state index contributed by atoms with van der Waals surface area (Å²) < 4.78 is 11.0. The molecule has 0 saturated carbocycles. The van der Waals surface area contributed by atoms with Crippen molar-refractivity contribution in [2.45, 2.75) is 71.2 Å². The fraction of sp³-hybridized carbons (Fsp3) is 0.565. The molecule has 2 rings (SSSR count). The topological polar surface area (TPSA) is 55.8 Å². The van der Waals surface area contributed by atoms with Gasteiger partial charge in [-0.25, -0.2) is 0 Å². The summed E-state index contributed by atoms with van der Waals surface area (Å²) in [5, 5.41) is 0. The second-order valence-electron chi connectivity index (χ2n) is 8.23. The lowest BCUT2D eigenvalue weighted by Crippen LogP contribution is -2.47. The first kappa shape index (κ1) is 22.2. The molecule has 0 bridgehead atoms. The summed E-state index contributed by atoms with van der Waals surface area (Å²) in [6.07, 6.45) is 3.69. The molecule has 0 aromatic heterocycles. The number of nitrogens with zero attached hydrogens (tertiary/aromatic N) is 1. The first-order valence-electron chi connectivity index (χ1n) is 10.1. The van der Waals surface area contributed by atoms with E-state index >= 15 is 0 Å². The van der Waals surface area contributed by atoms with Gasteiger partial charge in [0.2, 0.25) is 0 Å². The number of allylic oxidation sites excluding steroid dienone is 1. The van der Waals surface area contributed by atoms with Crippen molar-refractivity contribution in [1.29, 1.82) is 0 Å². The highest BCUT2D eigenvalue weighted by atomic mass is 16.6. The number of hydrogen-bond donors (Lipinski definition) is 0. The van der Waals surface area contributed by atoms with Crippen molar-refractivity contribution in [2.24, 2.45) is 5.92 Å². The van der Waals surface area contributed by atoms with Crippen molar-refractivity contribution in [3.63, 3.8) is 0 Å². The van der Waals surface area contributed by atoms with E-state index in [1.807, 2.05) is 58.0 Å². The monoisotopic (exact) mass is 387 g/mol. The van der Waals surface area contributed by atoms with Crippen LogP contribution in [0.15, 0.2) is 43.0 Å². The fourth-order valence-electron chi connectivity index (χ4n) is 3.81. The molecule has 3 atom stereocenters. The quantitative estimate of drug-likeness (QED) is 0.496. The third-order valence-electron chi connectivity index (χ3n) is 4.92. The smallest absolute Gasteiger partial charge is 0.323 e. The predicted molar refractivity (Wildman–Crippen MR) is 110 cm³/mol. The van der Waals surface area contributed by atoms with Crippen LogP contribution in [0.1, 0.15) is 52.5 Å². The SMILES string of the molecule is C=CC[C@H](C(=O)OCC)[C@@H]1CC[C@@H](C(=O)OC(C)(C)C)N1Cc1ccccc1. The molecular formula is C23H33NO4. The molecule has 0 unspecified atom stereocenters. The molecular weight excluding hydrogens is 354 g/mol. The van der Waals surface area contributed by atoms with E-state index in [9.17, 15) is 9.59 Å². The molecule has 0 amide bonds. The van der Waals surface area contributed by atoms with E-state index in [4.69, 9.17) is 9.47 Å². The summed E-state index contributed by atoms with van der Waals surface area (Å²) in [7, 11) is 0. The van der Waals surface area contributed by atoms with Crippen LogP contribution < -0.4 is 0 Å². The van der Waals surface area contributed by atoms with E-state index in [1.165, 1.54) is 0 Å². The number of esters is 2. The van der Waals surface area contributed by atoms with Crippen molar-refractivity contribution in [2.75, 3.05) is 6.61 Å². The van der Waals surface area contributed by atoms with Gasteiger partial charge in [0.25, 0.3) is 0 Å². The number of ether oxygens (including phenoxy) is 2. The van der Waals surface area contributed by atoms with E-state index < -0.39 is 5.60 Å². The highest BCUT2D eigenvalue weighted by Gasteiger charge is 2.45. The predicted octanol–water partition coefficient (Wildman–Crippen LogP) is 4.12. The molecule has 0 spiro atoms. The normalized spacial score (nSPS) is 21.1. The van der Waals surface area contributed by atoms with Crippen LogP contribution in [0.3, 0.4) is 0 Å². The Morgan fingerprint density at radius 3 is 2.50 bits per heavy atom. The first-order valence-corrected chi connectivity index (χ1v) is 10.1. The Labute approximate surface area is 168 Å². The van der Waals surface area contributed by atoms with E-state index in [2.05, 4.69) is 11.5 Å². The third kappa shape index (κ3) is 5.93. The Morgan fingerprint density at radius 2 is 1.93 bits per heavy atom. The number of hydrogen-bond acceptors (Lipinski definition) is 5. The van der Waals surface area contributed by atoms with Crippen LogP contribution in [0.4, 0.5) is 0 Å². The summed E-state index contributed by atoms with van der Waals surface area (Å²) in [5.41, 5.74) is 0.555. The number of benzene rings is 1. The van der Waals surface area contributed by atoms with Crippen LogP contribution in [0.2, 0.25) is 0 Å². The Morgan fingerprint density at radius 1 is 1.25 bits per heavy atom. The van der Waals surface area contributed by atoms with Gasteiger partial charge in [0, 0.05) is 12.6 Å². The average molecular weight is 388 g/mol. The van der Waals surface area contributed by atoms with E-state index in [-0.39, 0.29) is 29.9 Å². The van der Waals surface area contributed by atoms with Gasteiger partial charge in [-0.15, -0.1) is 6.58 Å². The largest absolute Gasteiger partial charge is 0.466 e. The van der Waals surface area contributed by atoms with Gasteiger partial charge in [-0.3, -0.25) is 14.5 Å². The minimum atomic E-state index is -0.546. The van der Waals surface area contributed by atoms with Crippen LogP contribution in [0, 0.1) is 5.92 Å². The summed E-state index contributed by atoms with van der Waals surface area (Å²) in [4.78, 5) is 27.6. The summed E-state index contributed by atoms with van der Waals surface area (Å²) in [5.74, 6) is -0.795. The molecule has 0 N–H and O–H groups in total. The zero-order chi connectivity index (χ0) is 20.7. The zero-order valence-corrected chi connectivity index (χ0v) is 17.5. The highest BCUT2D eigenvalue weighted by molar-refractivity contribution is 5.78. The Balaban J connectivity index is 2.30. The minimum Gasteiger partial charge on any atom is -0.466 e. The summed E-state index contributed by atoms with van der Waals surface area (Å²) in [6, 6.07) is 9.55. The molecule has 1 aliphatic rings. The molecule has 5 heteroatoms. The Kier molecular flexibility index (Phi) is 7.81. The van der Waals surface area contributed by atoms with Crippen LogP contribution in [0.5, 0.6) is 0 Å². The average Bonchev–Trinajstić information content (AvgIpc) is 3.02. The number of carbonyl (C=O) groups is 2. The molecule has 1 saturated heterocycles. The molecule has 154 valence electrons. The van der Waals surface area contributed by atoms with E-state index in [0.717, 1.165) is 12.0 Å². The molecule has 0 aliphatic carbocycles. The number of likely N-dealkylation sites (tertiary alicyclic amines) is 1. The summed E-state index contributed by atoms with van der Waals surface area (Å²) >= 11 is 0. The van der Waals surface area contributed by atoms with Crippen LogP contribution in [0.25, 0.3) is 0 Å². The second-order valence-corrected chi connectivity index (χ2v) is 8.23. The third-order valence-corrected chi connectivity index (χ3v) is 4.92. The maximum absolute atomic E-state index is 12.9. The molecule has 1 heterocycles. The van der Waals surface area contributed by atoms with Crippen molar-refractivity contribution in [3.05, 3.63) is 48.6 Å². The lowest BCUT2D eigenvalue weighted by atomic mass is 9.94. The van der Waals surface area contributed by atoms with Gasteiger partial charge in [0.15, 0.2) is 0 Å². The van der Waals surface area contributed by atoms with E-state index in [1.54, 1.807) is 6.08 Å². The van der Waals surface area contributed by atoms with Crippen molar-refractivity contribution in [3.8, 4) is 0 Å². The van der Waals surface area contributed by atoms with Crippen LogP contribution in [-0.2, 0) is 25.6 Å². The molecule has 1 fully saturated rings. The van der Waals surface area contributed by atoms with Gasteiger partial charge >= 0.3 is 11.9 Å². The fourth-order valence-corrected chi connectivity index (χ4v) is 3.81. The zero-order valence-electron chi connectivity index (χ0n) is 17.5. The van der Waals surface area contributed by atoms with Crippen LogP contribution in [-0.4, -0.2) is 41.1 Å². The minimum absolute atomic E-state index is 0.0882. The van der Waals surface area contributed by atoms with Gasteiger partial charge in [-0.1, -0.05) is 36.4 Å². The van der Waals surface area contributed by atoms with Gasteiger partial charge in [-0.2, -0.15) is 0 Å². The molecule has 0 radical (unpaired) electrons. The molecule has 1 aliphatic heterocycles. The van der Waals surface area contributed by atoms with Crippen molar-refractivity contribution >= 4 is 11.9 Å². The Hall–Kier alpha value is -2.14. The molecule has 28 heavy (non-hydrogen) atoms. The van der Waals surface area contributed by atoms with Crippen LogP contribution >= 0.6 is 0 Å². The molecule has 5 nitrogen and oxygen atoms in total. The summed E-state index contributed by atoms with van der Waals surface area (Å²) in [6.45, 7) is 12.2. The lowest BCUT2D eigenvalue weighted by molar-refractivity contribution is -0.163. The first-order chi connectivity index (χ1) is 13.3. The van der Waals surface area contributed by atoms with Crippen molar-refractivity contribution < 1.29 is 19.1 Å². The maximum atomic E-state index is 12.9. The maximum Gasteiger partial charge on any atom is 0.323 e. The number of carbonyl (C=O) groups excluding carboxylic acids is 2. The van der Waals surface area contributed by atoms with Gasteiger partial charge < -0.3 is 9.47 Å². The molecule has 1 aromatic carbocycles. The standard InChI is InChI=1S/C23H33NO4/c1-6-11-18(21(25)27-7-2)19-14-15-20(22(26)28-23(3,4)5)24(19)16-17-12-9-8-10-13-17/h6,8-10,12-13,18-20H,1,7,11,14-16H2,2-5H3/t18-,19-,20-/m0/s1. The molecule has 1 aromatic rings. The highest BCUT2D eigenvalue weighted by Crippen LogP contribution is 2.34. The number of rotatable bonds is 8. The lowest BCUT2D eigenvalue weighted by Gasteiger charge is -2.34. The second kappa shape index (κ2) is 9.87. The van der Waals surface area contributed by atoms with Crippen molar-refractivity contribution in [1.82, 2.24) is 4.90 Å². The van der Waals surface area contributed by atoms with Gasteiger partial charge in [0.05, 0.1) is 12.5 Å². The van der Waals surface area contributed by atoms with Gasteiger partial charge in [0.1, 0.15) is 11.6 Å². The van der Waals surface area contributed by atoms with E-state index in [0.29, 0.717) is 26.0 Å².